The molecular formula is C34H46N2O12. The van der Waals surface area contributed by atoms with E-state index in [0.29, 0.717) is 79.0 Å². The summed E-state index contributed by atoms with van der Waals surface area (Å²) in [5.41, 5.74) is 1.68. The number of nitrogens with zero attached hydrogens (tertiary/aromatic N) is 2. The van der Waals surface area contributed by atoms with Gasteiger partial charge in [-0.2, -0.15) is 0 Å². The number of carbonyl (C=O) groups is 4. The first-order valence-corrected chi connectivity index (χ1v) is 15.9. The Bertz CT molecular complexity index is 1090. The van der Waals surface area contributed by atoms with Gasteiger partial charge in [-0.3, -0.25) is 19.4 Å². The highest BCUT2D eigenvalue weighted by atomic mass is 16.6. The first-order chi connectivity index (χ1) is 23.5. The van der Waals surface area contributed by atoms with Crippen LogP contribution in [-0.4, -0.2) is 139 Å². The van der Waals surface area contributed by atoms with E-state index in [1.165, 1.54) is 0 Å². The molecule has 0 radical (unpaired) electrons. The van der Waals surface area contributed by atoms with Crippen LogP contribution in [0, 0.1) is 0 Å². The van der Waals surface area contributed by atoms with Gasteiger partial charge < -0.3 is 37.9 Å². The zero-order valence-electron chi connectivity index (χ0n) is 27.3. The standard InChI is InChI=1S/C34H46N2O12/c37-31(47-27-33(39)45-25-29-7-3-1-4-8-29)23-35-11-15-41-19-21-43-17-13-36(14-18-44-22-20-42-16-12-35)24-32(38)48-28-34(40)46-26-30-9-5-2-6-10-30/h1-10H,11-28H2. The van der Waals surface area contributed by atoms with Crippen LogP contribution in [0.3, 0.4) is 0 Å². The van der Waals surface area contributed by atoms with Gasteiger partial charge in [0.2, 0.25) is 0 Å². The van der Waals surface area contributed by atoms with Crippen molar-refractivity contribution in [1.82, 2.24) is 9.80 Å². The van der Waals surface area contributed by atoms with E-state index in [2.05, 4.69) is 0 Å². The summed E-state index contributed by atoms with van der Waals surface area (Å²) >= 11 is 0. The zero-order chi connectivity index (χ0) is 34.1. The number of carbonyl (C=O) groups excluding carboxylic acids is 4. The molecule has 0 aromatic heterocycles. The average Bonchev–Trinajstić information content (AvgIpc) is 3.10. The van der Waals surface area contributed by atoms with Gasteiger partial charge in [0.25, 0.3) is 0 Å². The van der Waals surface area contributed by atoms with Crippen LogP contribution >= 0.6 is 0 Å². The molecule has 48 heavy (non-hydrogen) atoms. The molecule has 3 rings (SSSR count). The molecule has 1 fully saturated rings. The van der Waals surface area contributed by atoms with Crippen molar-refractivity contribution < 1.29 is 57.1 Å². The molecule has 14 heteroatoms. The highest BCUT2D eigenvalue weighted by molar-refractivity contribution is 5.78. The van der Waals surface area contributed by atoms with Crippen LogP contribution in [0.2, 0.25) is 0 Å². The van der Waals surface area contributed by atoms with Gasteiger partial charge in [-0.05, 0) is 11.1 Å². The van der Waals surface area contributed by atoms with E-state index in [0.717, 1.165) is 11.1 Å². The number of esters is 4. The maximum Gasteiger partial charge on any atom is 0.344 e. The fourth-order valence-electron chi connectivity index (χ4n) is 4.25. The fourth-order valence-corrected chi connectivity index (χ4v) is 4.25. The van der Waals surface area contributed by atoms with Crippen LogP contribution in [0.1, 0.15) is 11.1 Å². The molecule has 264 valence electrons. The van der Waals surface area contributed by atoms with Crippen LogP contribution < -0.4 is 0 Å². The van der Waals surface area contributed by atoms with Gasteiger partial charge in [-0.15, -0.1) is 0 Å². The maximum absolute atomic E-state index is 12.4. The number of benzene rings is 2. The van der Waals surface area contributed by atoms with E-state index in [1.54, 1.807) is 0 Å². The quantitative estimate of drug-likeness (QED) is 0.235. The molecule has 0 spiro atoms. The zero-order valence-corrected chi connectivity index (χ0v) is 27.3. The predicted octanol–water partition coefficient (Wildman–Crippen LogP) is 1.24. The molecule has 0 atom stereocenters. The van der Waals surface area contributed by atoms with Crippen LogP contribution in [0.15, 0.2) is 60.7 Å². The minimum Gasteiger partial charge on any atom is -0.458 e. The van der Waals surface area contributed by atoms with Crippen LogP contribution in [0.5, 0.6) is 0 Å². The number of rotatable bonds is 12. The summed E-state index contributed by atoms with van der Waals surface area (Å²) in [6, 6.07) is 18.5. The molecule has 2 aromatic carbocycles. The van der Waals surface area contributed by atoms with Gasteiger partial charge in [0.1, 0.15) is 13.2 Å². The summed E-state index contributed by atoms with van der Waals surface area (Å²) < 4.78 is 43.2. The second-order valence-electron chi connectivity index (χ2n) is 10.6. The van der Waals surface area contributed by atoms with Gasteiger partial charge in [0, 0.05) is 26.2 Å². The lowest BCUT2D eigenvalue weighted by molar-refractivity contribution is -0.160. The van der Waals surface area contributed by atoms with Gasteiger partial charge in [0.15, 0.2) is 13.2 Å². The Kier molecular flexibility index (Phi) is 19.5. The molecular weight excluding hydrogens is 628 g/mol. The molecule has 1 heterocycles. The lowest BCUT2D eigenvalue weighted by Gasteiger charge is -2.22. The predicted molar refractivity (Wildman–Crippen MR) is 171 cm³/mol. The average molecular weight is 675 g/mol. The molecule has 1 aliphatic rings. The highest BCUT2D eigenvalue weighted by Crippen LogP contribution is 2.03. The van der Waals surface area contributed by atoms with Crippen molar-refractivity contribution in [3.8, 4) is 0 Å². The Morgan fingerprint density at radius 3 is 1.12 bits per heavy atom. The maximum atomic E-state index is 12.4. The molecule has 1 aliphatic heterocycles. The first kappa shape index (κ1) is 38.5. The lowest BCUT2D eigenvalue weighted by Crippen LogP contribution is -2.38. The topological polar surface area (TPSA) is 149 Å². The molecule has 14 nitrogen and oxygen atoms in total. The largest absolute Gasteiger partial charge is 0.458 e. The third-order valence-corrected chi connectivity index (χ3v) is 6.84. The van der Waals surface area contributed by atoms with Gasteiger partial charge >= 0.3 is 23.9 Å². The van der Waals surface area contributed by atoms with Gasteiger partial charge in [-0.1, -0.05) is 60.7 Å². The van der Waals surface area contributed by atoms with Crippen LogP contribution in [-0.2, 0) is 70.3 Å². The monoisotopic (exact) mass is 674 g/mol. The van der Waals surface area contributed by atoms with Crippen LogP contribution in [0.25, 0.3) is 0 Å². The van der Waals surface area contributed by atoms with E-state index >= 15 is 0 Å². The Hall–Kier alpha value is -3.92. The summed E-state index contributed by atoms with van der Waals surface area (Å²) in [4.78, 5) is 52.4. The highest BCUT2D eigenvalue weighted by Gasteiger charge is 2.16. The summed E-state index contributed by atoms with van der Waals surface area (Å²) in [6.45, 7) is 3.60. The number of ether oxygens (including phenoxy) is 8. The molecule has 2 aromatic rings. The first-order valence-electron chi connectivity index (χ1n) is 15.9. The molecule has 0 amide bonds. The minimum absolute atomic E-state index is 0.0428. The Labute approximate surface area is 281 Å². The second kappa shape index (κ2) is 24.3. The van der Waals surface area contributed by atoms with Crippen molar-refractivity contribution in [1.29, 1.82) is 0 Å². The third-order valence-electron chi connectivity index (χ3n) is 6.84. The molecule has 1 saturated heterocycles. The number of hydrogen-bond acceptors (Lipinski definition) is 14. The van der Waals surface area contributed by atoms with E-state index < -0.39 is 37.1 Å². The van der Waals surface area contributed by atoms with Crippen molar-refractivity contribution in [2.24, 2.45) is 0 Å². The molecule has 0 N–H and O–H groups in total. The summed E-state index contributed by atoms with van der Waals surface area (Å²) in [6.07, 6.45) is 0. The van der Waals surface area contributed by atoms with Crippen molar-refractivity contribution >= 4 is 23.9 Å². The van der Waals surface area contributed by atoms with E-state index in [4.69, 9.17) is 37.9 Å². The molecule has 0 unspecified atom stereocenters. The van der Waals surface area contributed by atoms with Crippen LogP contribution in [0.4, 0.5) is 0 Å². The molecule has 0 aliphatic carbocycles. The van der Waals surface area contributed by atoms with Crippen molar-refractivity contribution in [2.75, 3.05) is 105 Å². The molecule has 0 saturated carbocycles. The van der Waals surface area contributed by atoms with E-state index in [-0.39, 0.29) is 26.3 Å². The van der Waals surface area contributed by atoms with Crippen molar-refractivity contribution in [3.63, 3.8) is 0 Å². The van der Waals surface area contributed by atoms with Gasteiger partial charge in [0.05, 0.1) is 65.9 Å². The minimum atomic E-state index is -0.627. The smallest absolute Gasteiger partial charge is 0.344 e. The normalized spacial score (nSPS) is 16.5. The third kappa shape index (κ3) is 18.4. The Balaban J connectivity index is 1.32. The fraction of sp³-hybridized carbons (Fsp3) is 0.529. The van der Waals surface area contributed by atoms with Gasteiger partial charge in [-0.25, -0.2) is 9.59 Å². The number of hydrogen-bond donors (Lipinski definition) is 0. The lowest BCUT2D eigenvalue weighted by atomic mass is 10.2. The molecule has 0 bridgehead atoms. The second-order valence-corrected chi connectivity index (χ2v) is 10.6. The van der Waals surface area contributed by atoms with E-state index in [9.17, 15) is 19.2 Å². The SMILES string of the molecule is O=C(COC(=O)CN1CCOCCOCCN(CC(=O)OCC(=O)OCc2ccccc2)CCOCCOCC1)OCc1ccccc1. The summed E-state index contributed by atoms with van der Waals surface area (Å²) in [5.74, 6) is -2.37. The Morgan fingerprint density at radius 1 is 0.458 bits per heavy atom. The van der Waals surface area contributed by atoms with Crippen molar-refractivity contribution in [3.05, 3.63) is 71.8 Å². The van der Waals surface area contributed by atoms with E-state index in [1.807, 2.05) is 70.5 Å². The summed E-state index contributed by atoms with van der Waals surface area (Å²) in [7, 11) is 0. The Morgan fingerprint density at radius 2 is 0.792 bits per heavy atom. The summed E-state index contributed by atoms with van der Waals surface area (Å²) in [5, 5.41) is 0. The van der Waals surface area contributed by atoms with Crippen molar-refractivity contribution in [2.45, 2.75) is 13.2 Å².